The maximum absolute atomic E-state index is 11.8. The summed E-state index contributed by atoms with van der Waals surface area (Å²) >= 11 is 0.0574. The van der Waals surface area contributed by atoms with Gasteiger partial charge >= 0.3 is 42.4 Å². The van der Waals surface area contributed by atoms with Gasteiger partial charge in [0.15, 0.2) is 14.3 Å². The number of rotatable bonds is 8. The fraction of sp³-hybridized carbons (Fsp3) is 0.409. The van der Waals surface area contributed by atoms with Crippen molar-refractivity contribution >= 4 is 31.8 Å². The SMILES string of the molecule is CC1(C)C2CCC1(CS(=O)(=O)[O-])C(=O)C2.CC1(C)C2CCC1(CS(=O)(=O)[O-])C(=O)C2.c1ccc([I+]c2ccccc2)cc1.c1ccc([I+]c2ccccc2)cc1. The van der Waals surface area contributed by atoms with E-state index in [2.05, 4.69) is 121 Å². The second kappa shape index (κ2) is 18.2. The number of ketones is 2. The Labute approximate surface area is 353 Å². The lowest BCUT2D eigenvalue weighted by atomic mass is 9.70. The van der Waals surface area contributed by atoms with Crippen LogP contribution in [-0.2, 0) is 29.8 Å². The van der Waals surface area contributed by atoms with E-state index in [0.29, 0.717) is 25.7 Å². The van der Waals surface area contributed by atoms with Gasteiger partial charge in [0.05, 0.1) is 31.7 Å². The van der Waals surface area contributed by atoms with E-state index < -0.39 is 42.6 Å². The molecule has 8 rings (SSSR count). The Balaban J connectivity index is 0.000000143. The summed E-state index contributed by atoms with van der Waals surface area (Å²) in [5.41, 5.74) is -2.44. The largest absolute Gasteiger partial charge is 0.748 e. The lowest BCUT2D eigenvalue weighted by Gasteiger charge is -2.37. The summed E-state index contributed by atoms with van der Waals surface area (Å²) in [4.78, 5) is 23.7. The minimum atomic E-state index is -4.33. The van der Waals surface area contributed by atoms with Gasteiger partial charge in [-0.05, 0) is 96.9 Å². The first-order chi connectivity index (χ1) is 26.3. The average molecular weight is 1020 g/mol. The molecule has 4 aromatic rings. The molecule has 4 unspecified atom stereocenters. The van der Waals surface area contributed by atoms with Crippen LogP contribution in [0.25, 0.3) is 0 Å². The van der Waals surface area contributed by atoms with Crippen molar-refractivity contribution in [2.24, 2.45) is 33.5 Å². The van der Waals surface area contributed by atoms with Crippen molar-refractivity contribution in [3.8, 4) is 0 Å². The van der Waals surface area contributed by atoms with E-state index in [1.165, 1.54) is 14.3 Å². The fourth-order valence-electron chi connectivity index (χ4n) is 8.98. The Morgan fingerprint density at radius 3 is 0.929 bits per heavy atom. The van der Waals surface area contributed by atoms with E-state index in [1.54, 1.807) is 0 Å². The Morgan fingerprint density at radius 2 is 0.750 bits per heavy atom. The van der Waals surface area contributed by atoms with E-state index in [-0.39, 0.29) is 76.6 Å². The van der Waals surface area contributed by atoms with Crippen LogP contribution in [0.15, 0.2) is 121 Å². The number of fused-ring (bicyclic) bond motifs is 4. The van der Waals surface area contributed by atoms with Crippen molar-refractivity contribution in [1.29, 1.82) is 0 Å². The van der Waals surface area contributed by atoms with Crippen LogP contribution >= 0.6 is 0 Å². The van der Waals surface area contributed by atoms with Gasteiger partial charge in [-0.1, -0.05) is 100 Å². The molecule has 0 amide bonds. The number of benzene rings is 4. The number of hydrogen-bond donors (Lipinski definition) is 0. The van der Waals surface area contributed by atoms with Crippen LogP contribution in [-0.4, -0.2) is 49.0 Å². The van der Waals surface area contributed by atoms with Gasteiger partial charge in [-0.15, -0.1) is 0 Å². The zero-order chi connectivity index (χ0) is 40.8. The molecular formula is C44H50I2O8S2. The molecule has 4 aliphatic rings. The van der Waals surface area contributed by atoms with E-state index in [1.807, 2.05) is 27.7 Å². The lowest BCUT2D eigenvalue weighted by molar-refractivity contribution is -0.597. The molecule has 12 heteroatoms. The van der Waals surface area contributed by atoms with Crippen molar-refractivity contribution < 1.29 is 77.9 Å². The smallest absolute Gasteiger partial charge is 0.357 e. The van der Waals surface area contributed by atoms with Crippen LogP contribution in [0.2, 0.25) is 0 Å². The summed E-state index contributed by atoms with van der Waals surface area (Å²) in [6.07, 6.45) is 3.75. The van der Waals surface area contributed by atoms with Crippen LogP contribution < -0.4 is 42.4 Å². The lowest BCUT2D eigenvalue weighted by Crippen LogP contribution is -3.61. The molecule has 4 aliphatic carbocycles. The van der Waals surface area contributed by atoms with E-state index >= 15 is 0 Å². The second-order valence-corrected chi connectivity index (χ2v) is 25.0. The normalized spacial score (nSPS) is 25.2. The number of hydrogen-bond acceptors (Lipinski definition) is 8. The van der Waals surface area contributed by atoms with Crippen LogP contribution in [0.5, 0.6) is 0 Å². The molecule has 0 aromatic heterocycles. The summed E-state index contributed by atoms with van der Waals surface area (Å²) < 4.78 is 71.3. The third-order valence-electron chi connectivity index (χ3n) is 12.5. The Morgan fingerprint density at radius 1 is 0.500 bits per heavy atom. The molecule has 0 heterocycles. The first-order valence-corrected chi connectivity index (χ1v) is 26.2. The van der Waals surface area contributed by atoms with Gasteiger partial charge in [0.2, 0.25) is 0 Å². The van der Waals surface area contributed by atoms with Crippen molar-refractivity contribution in [2.45, 2.75) is 66.2 Å². The third-order valence-corrected chi connectivity index (χ3v) is 19.6. The molecule has 4 saturated carbocycles. The minimum absolute atomic E-state index is 0.0248. The highest BCUT2D eigenvalue weighted by Crippen LogP contribution is 2.65. The number of halogens is 2. The molecule has 0 aliphatic heterocycles. The van der Waals surface area contributed by atoms with Gasteiger partial charge in [0.1, 0.15) is 11.6 Å². The minimum Gasteiger partial charge on any atom is -0.748 e. The molecular weight excluding hydrogens is 974 g/mol. The molecule has 0 saturated heterocycles. The summed E-state index contributed by atoms with van der Waals surface area (Å²) in [7, 11) is -8.65. The zero-order valence-corrected chi connectivity index (χ0v) is 38.1. The third kappa shape index (κ3) is 10.6. The van der Waals surface area contributed by atoms with Crippen LogP contribution in [0.1, 0.15) is 66.2 Å². The second-order valence-electron chi connectivity index (χ2n) is 16.1. The highest BCUT2D eigenvalue weighted by molar-refractivity contribution is 7.86. The van der Waals surface area contributed by atoms with Crippen molar-refractivity contribution in [3.63, 3.8) is 0 Å². The zero-order valence-electron chi connectivity index (χ0n) is 32.2. The van der Waals surface area contributed by atoms with Gasteiger partial charge in [-0.3, -0.25) is 9.59 Å². The standard InChI is InChI=1S/2C12H10I.2C10H16O4S/c2*1-3-7-11(8-4-1)13-12-9-5-2-6-10-12;2*1-9(2)7-3-4-10(9,8(11)5-7)6-15(12,13)14/h2*1-10H;2*7H,3-6H2,1-2H3,(H,12,13,14)/q2*+1;;/p-2. The molecule has 300 valence electrons. The first kappa shape index (κ1) is 44.6. The van der Waals surface area contributed by atoms with Crippen LogP contribution in [0, 0.1) is 47.8 Å². The predicted molar refractivity (Wildman–Crippen MR) is 207 cm³/mol. The quantitative estimate of drug-likeness (QED) is 0.191. The van der Waals surface area contributed by atoms with Gasteiger partial charge in [0, 0.05) is 23.7 Å². The maximum Gasteiger partial charge on any atom is 0.357 e. The Bertz CT molecular complexity index is 1930. The molecule has 4 aromatic carbocycles. The molecule has 4 fully saturated rings. The monoisotopic (exact) mass is 1020 g/mol. The highest BCUT2D eigenvalue weighted by atomic mass is 127. The summed E-state index contributed by atoms with van der Waals surface area (Å²) in [6.45, 7) is 7.67. The van der Waals surface area contributed by atoms with E-state index in [4.69, 9.17) is 0 Å². The fourth-order valence-corrected chi connectivity index (χ4v) is 16.1. The molecule has 0 radical (unpaired) electrons. The molecule has 56 heavy (non-hydrogen) atoms. The highest BCUT2D eigenvalue weighted by Gasteiger charge is 2.65. The number of carbonyl (C=O) groups excluding carboxylic acids is 2. The van der Waals surface area contributed by atoms with Gasteiger partial charge in [0.25, 0.3) is 0 Å². The van der Waals surface area contributed by atoms with Gasteiger partial charge < -0.3 is 9.11 Å². The molecule has 4 bridgehead atoms. The molecule has 0 spiro atoms. The number of carbonyl (C=O) groups is 2. The van der Waals surface area contributed by atoms with Crippen molar-refractivity contribution in [1.82, 2.24) is 0 Å². The van der Waals surface area contributed by atoms with E-state index in [9.17, 15) is 35.5 Å². The van der Waals surface area contributed by atoms with Crippen molar-refractivity contribution in [2.75, 3.05) is 11.5 Å². The summed E-state index contributed by atoms with van der Waals surface area (Å²) in [6, 6.07) is 42.8. The summed E-state index contributed by atoms with van der Waals surface area (Å²) in [5.74, 6) is -0.560. The average Bonchev–Trinajstić information content (AvgIpc) is 3.66. The molecule has 4 atom stereocenters. The topological polar surface area (TPSA) is 149 Å². The van der Waals surface area contributed by atoms with Gasteiger partial charge in [-0.2, -0.15) is 0 Å². The predicted octanol–water partition coefficient (Wildman–Crippen LogP) is 1.48. The molecule has 8 nitrogen and oxygen atoms in total. The van der Waals surface area contributed by atoms with Gasteiger partial charge in [-0.25, -0.2) is 16.8 Å². The first-order valence-electron chi connectivity index (χ1n) is 18.7. The Kier molecular flexibility index (Phi) is 14.5. The molecule has 0 N–H and O–H groups in total. The van der Waals surface area contributed by atoms with E-state index in [0.717, 1.165) is 12.8 Å². The maximum atomic E-state index is 11.8. The summed E-state index contributed by atoms with van der Waals surface area (Å²) in [5, 5.41) is 0. The Hall–Kier alpha value is -2.50. The van der Waals surface area contributed by atoms with Crippen LogP contribution in [0.4, 0.5) is 0 Å². The van der Waals surface area contributed by atoms with Crippen LogP contribution in [0.3, 0.4) is 0 Å². The van der Waals surface area contributed by atoms with Crippen molar-refractivity contribution in [3.05, 3.63) is 136 Å². The number of Topliss-reactive ketones (excluding diaryl/α,β-unsaturated/α-hetero) is 2.